The van der Waals surface area contributed by atoms with E-state index in [2.05, 4.69) is 214 Å². The third-order valence-electron chi connectivity index (χ3n) is 13.0. The highest BCUT2D eigenvalue weighted by atomic mass is 14.9. The number of fused-ring (bicyclic) bond motifs is 8. The third kappa shape index (κ3) is 5.56. The average molecular weight is 777 g/mol. The van der Waals surface area contributed by atoms with Gasteiger partial charge < -0.3 is 0 Å². The van der Waals surface area contributed by atoms with Gasteiger partial charge in [0.05, 0.1) is 11.4 Å². The standard InChI is InChI=1S/C59H40N2/c1-59(2)51-27-14-13-22-45(51)48-25-15-26-49(57(48)59)53-36-52(60-58(61-53)39-19-7-4-8-20-39)42-30-28-41-35-43(31-29-40(41)34-42)55-47-24-12-11-23-46(47)54(38-17-5-3-6-18-38)50-33-32-37-16-9-10-21-44(37)56(50)55/h3-36H,1-2H3. The van der Waals surface area contributed by atoms with Crippen LogP contribution in [0.3, 0.4) is 0 Å². The Morgan fingerprint density at radius 3 is 1.70 bits per heavy atom. The molecule has 12 rings (SSSR count). The highest BCUT2D eigenvalue weighted by Crippen LogP contribution is 2.52. The predicted octanol–water partition coefficient (Wildman–Crippen LogP) is 15.7. The molecule has 0 unspecified atom stereocenters. The molecule has 11 aromatic rings. The first-order chi connectivity index (χ1) is 30.0. The fourth-order valence-corrected chi connectivity index (χ4v) is 10.2. The molecule has 2 nitrogen and oxygen atoms in total. The van der Waals surface area contributed by atoms with E-state index in [-0.39, 0.29) is 5.41 Å². The first-order valence-electron chi connectivity index (χ1n) is 21.2. The molecular weight excluding hydrogens is 737 g/mol. The Morgan fingerprint density at radius 1 is 0.344 bits per heavy atom. The van der Waals surface area contributed by atoms with E-state index in [1.54, 1.807) is 0 Å². The summed E-state index contributed by atoms with van der Waals surface area (Å²) in [6.45, 7) is 4.68. The molecule has 1 heterocycles. The van der Waals surface area contributed by atoms with Crippen LogP contribution in [0.5, 0.6) is 0 Å². The van der Waals surface area contributed by atoms with Gasteiger partial charge in [0.15, 0.2) is 5.82 Å². The minimum Gasteiger partial charge on any atom is -0.228 e. The molecule has 0 radical (unpaired) electrons. The zero-order valence-electron chi connectivity index (χ0n) is 34.0. The lowest BCUT2D eigenvalue weighted by molar-refractivity contribution is 0.662. The van der Waals surface area contributed by atoms with Gasteiger partial charge in [-0.3, -0.25) is 0 Å². The van der Waals surface area contributed by atoms with Gasteiger partial charge in [0.2, 0.25) is 0 Å². The lowest BCUT2D eigenvalue weighted by Crippen LogP contribution is -2.16. The summed E-state index contributed by atoms with van der Waals surface area (Å²) in [5, 5.41) is 9.91. The van der Waals surface area contributed by atoms with Crippen LogP contribution in [0.2, 0.25) is 0 Å². The third-order valence-corrected chi connectivity index (χ3v) is 13.0. The molecule has 10 aromatic carbocycles. The molecule has 0 bridgehead atoms. The van der Waals surface area contributed by atoms with E-state index in [0.717, 1.165) is 33.9 Å². The summed E-state index contributed by atoms with van der Waals surface area (Å²) in [6, 6.07) is 75.0. The van der Waals surface area contributed by atoms with Crippen molar-refractivity contribution in [3.8, 4) is 67.3 Å². The molecule has 0 aliphatic heterocycles. The van der Waals surface area contributed by atoms with Crippen LogP contribution in [0, 0.1) is 0 Å². The van der Waals surface area contributed by atoms with Crippen molar-refractivity contribution in [1.82, 2.24) is 9.97 Å². The second-order valence-electron chi connectivity index (χ2n) is 16.9. The minimum atomic E-state index is -0.175. The summed E-state index contributed by atoms with van der Waals surface area (Å²) in [5.74, 6) is 0.722. The predicted molar refractivity (Wildman–Crippen MR) is 257 cm³/mol. The maximum absolute atomic E-state index is 5.30. The molecule has 2 heteroatoms. The summed E-state index contributed by atoms with van der Waals surface area (Å²) in [5.41, 5.74) is 15.1. The smallest absolute Gasteiger partial charge is 0.160 e. The molecule has 0 amide bonds. The van der Waals surface area contributed by atoms with Crippen LogP contribution in [0.25, 0.3) is 110 Å². The molecule has 1 aromatic heterocycles. The molecule has 0 saturated carbocycles. The van der Waals surface area contributed by atoms with Crippen LogP contribution in [0.1, 0.15) is 25.0 Å². The number of rotatable bonds is 5. The average Bonchev–Trinajstić information content (AvgIpc) is 3.56. The minimum absolute atomic E-state index is 0.175. The van der Waals surface area contributed by atoms with Crippen LogP contribution in [-0.2, 0) is 5.41 Å². The van der Waals surface area contributed by atoms with E-state index in [9.17, 15) is 0 Å². The maximum Gasteiger partial charge on any atom is 0.160 e. The van der Waals surface area contributed by atoms with Gasteiger partial charge in [0.25, 0.3) is 0 Å². The van der Waals surface area contributed by atoms with Crippen molar-refractivity contribution in [3.05, 3.63) is 217 Å². The van der Waals surface area contributed by atoms with Crippen molar-refractivity contribution in [2.75, 3.05) is 0 Å². The maximum atomic E-state index is 5.30. The van der Waals surface area contributed by atoms with Crippen molar-refractivity contribution in [2.45, 2.75) is 19.3 Å². The van der Waals surface area contributed by atoms with Crippen molar-refractivity contribution in [3.63, 3.8) is 0 Å². The molecular formula is C59H40N2. The van der Waals surface area contributed by atoms with Crippen LogP contribution >= 0.6 is 0 Å². The lowest BCUT2D eigenvalue weighted by Gasteiger charge is -2.24. The van der Waals surface area contributed by atoms with Gasteiger partial charge in [-0.15, -0.1) is 0 Å². The summed E-state index contributed by atoms with van der Waals surface area (Å²) in [4.78, 5) is 10.6. The molecule has 0 fully saturated rings. The number of benzene rings is 10. The Hall–Kier alpha value is -7.68. The number of aromatic nitrogens is 2. The van der Waals surface area contributed by atoms with E-state index in [1.165, 1.54) is 87.6 Å². The highest BCUT2D eigenvalue weighted by Gasteiger charge is 2.37. The van der Waals surface area contributed by atoms with Gasteiger partial charge in [0, 0.05) is 22.1 Å². The van der Waals surface area contributed by atoms with Gasteiger partial charge in [-0.25, -0.2) is 9.97 Å². The van der Waals surface area contributed by atoms with Crippen LogP contribution in [0.15, 0.2) is 206 Å². The normalized spacial score (nSPS) is 12.9. The Morgan fingerprint density at radius 2 is 0.918 bits per heavy atom. The second kappa shape index (κ2) is 13.7. The topological polar surface area (TPSA) is 25.8 Å². The number of hydrogen-bond donors (Lipinski definition) is 0. The Bertz CT molecular complexity index is 3550. The molecule has 0 N–H and O–H groups in total. The number of nitrogens with zero attached hydrogens (tertiary/aromatic N) is 2. The van der Waals surface area contributed by atoms with E-state index < -0.39 is 0 Å². The Kier molecular flexibility index (Phi) is 7.92. The molecule has 1 aliphatic carbocycles. The van der Waals surface area contributed by atoms with Crippen LogP contribution < -0.4 is 0 Å². The van der Waals surface area contributed by atoms with E-state index in [1.807, 2.05) is 6.07 Å². The summed E-state index contributed by atoms with van der Waals surface area (Å²) in [6.07, 6.45) is 0. The van der Waals surface area contributed by atoms with Gasteiger partial charge in [-0.1, -0.05) is 202 Å². The van der Waals surface area contributed by atoms with Crippen molar-refractivity contribution in [2.24, 2.45) is 0 Å². The Balaban J connectivity index is 1.04. The van der Waals surface area contributed by atoms with Gasteiger partial charge in [-0.2, -0.15) is 0 Å². The fraction of sp³-hybridized carbons (Fsp3) is 0.0508. The van der Waals surface area contributed by atoms with Gasteiger partial charge >= 0.3 is 0 Å². The van der Waals surface area contributed by atoms with E-state index >= 15 is 0 Å². The Labute approximate surface area is 355 Å². The molecule has 1 aliphatic rings. The summed E-state index contributed by atoms with van der Waals surface area (Å²) >= 11 is 0. The van der Waals surface area contributed by atoms with Crippen LogP contribution in [0.4, 0.5) is 0 Å². The molecule has 0 spiro atoms. The summed E-state index contributed by atoms with van der Waals surface area (Å²) < 4.78 is 0. The van der Waals surface area contributed by atoms with Crippen molar-refractivity contribution < 1.29 is 0 Å². The highest BCUT2D eigenvalue weighted by molar-refractivity contribution is 6.28. The molecule has 0 atom stereocenters. The van der Waals surface area contributed by atoms with Crippen molar-refractivity contribution in [1.29, 1.82) is 0 Å². The SMILES string of the molecule is CC1(C)c2ccccc2-c2cccc(-c3cc(-c4ccc5cc(-c6c7ccccc7c(-c7ccccc7)c7ccc8ccccc8c67)ccc5c4)nc(-c4ccccc4)n3)c21. The lowest BCUT2D eigenvalue weighted by atomic mass is 9.79. The molecule has 61 heavy (non-hydrogen) atoms. The van der Waals surface area contributed by atoms with Gasteiger partial charge in [0.1, 0.15) is 0 Å². The first kappa shape index (κ1) is 35.3. The van der Waals surface area contributed by atoms with Gasteiger partial charge in [-0.05, 0) is 106 Å². The van der Waals surface area contributed by atoms with E-state index in [4.69, 9.17) is 9.97 Å². The second-order valence-corrected chi connectivity index (χ2v) is 16.9. The molecule has 0 saturated heterocycles. The first-order valence-corrected chi connectivity index (χ1v) is 21.2. The molecule has 286 valence electrons. The number of hydrogen-bond acceptors (Lipinski definition) is 2. The van der Waals surface area contributed by atoms with Crippen LogP contribution in [-0.4, -0.2) is 9.97 Å². The van der Waals surface area contributed by atoms with E-state index in [0.29, 0.717) is 0 Å². The fourth-order valence-electron chi connectivity index (χ4n) is 10.2. The largest absolute Gasteiger partial charge is 0.228 e. The quantitative estimate of drug-likeness (QED) is 0.128. The zero-order chi connectivity index (χ0) is 40.7. The summed E-state index contributed by atoms with van der Waals surface area (Å²) in [7, 11) is 0. The van der Waals surface area contributed by atoms with Crippen molar-refractivity contribution >= 4 is 43.1 Å². The monoisotopic (exact) mass is 776 g/mol. The zero-order valence-corrected chi connectivity index (χ0v) is 34.0.